The fraction of sp³-hybridized carbons (Fsp3) is 0. The highest BCUT2D eigenvalue weighted by atomic mass is 16.3. The Labute approximate surface area is 279 Å². The van der Waals surface area contributed by atoms with E-state index in [1.807, 2.05) is 84.9 Å². The van der Waals surface area contributed by atoms with Crippen LogP contribution >= 0.6 is 0 Å². The molecule has 0 aromatic heterocycles. The minimum absolute atomic E-state index is 0.0784. The number of para-hydroxylation sites is 2. The van der Waals surface area contributed by atoms with Crippen molar-refractivity contribution >= 4 is 55.7 Å². The second-order valence-electron chi connectivity index (χ2n) is 11.8. The Kier molecular flexibility index (Phi) is 7.44. The molecule has 0 aliphatic carbocycles. The molecule has 4 nitrogen and oxygen atoms in total. The predicted octanol–water partition coefficient (Wildman–Crippen LogP) is 12.0. The van der Waals surface area contributed by atoms with Gasteiger partial charge in [0.25, 0.3) is 0 Å². The van der Waals surface area contributed by atoms with Crippen LogP contribution < -0.4 is 9.80 Å². The Morgan fingerprint density at radius 2 is 0.604 bits per heavy atom. The molecule has 8 aromatic carbocycles. The van der Waals surface area contributed by atoms with Crippen molar-refractivity contribution < 1.29 is 10.2 Å². The Balaban J connectivity index is 1.27. The minimum atomic E-state index is 0.0784. The molecule has 0 unspecified atom stereocenters. The summed E-state index contributed by atoms with van der Waals surface area (Å²) in [5, 5.41) is 27.2. The van der Waals surface area contributed by atoms with Gasteiger partial charge in [-0.1, -0.05) is 97.1 Å². The van der Waals surface area contributed by atoms with Crippen LogP contribution in [0.1, 0.15) is 0 Å². The lowest BCUT2D eigenvalue weighted by Gasteiger charge is -2.27. The molecule has 0 atom stereocenters. The van der Waals surface area contributed by atoms with Gasteiger partial charge in [0.05, 0.1) is 0 Å². The molecule has 48 heavy (non-hydrogen) atoms. The molecule has 8 rings (SSSR count). The SMILES string of the molecule is Oc1ccc(N(c2ccccc2)c2ccc3ccccc3c2)cc1-c1cc(N(c2ccccc2)c2ccc3ccccc3c2)ccc1O. The fourth-order valence-corrected chi connectivity index (χ4v) is 6.44. The summed E-state index contributed by atoms with van der Waals surface area (Å²) in [6, 6.07) is 60.9. The number of hydrogen-bond donors (Lipinski definition) is 2. The quantitative estimate of drug-likeness (QED) is 0.186. The molecular weight excluding hydrogens is 588 g/mol. The maximum Gasteiger partial charge on any atom is 0.123 e. The van der Waals surface area contributed by atoms with Gasteiger partial charge in [-0.05, 0) is 106 Å². The maximum absolute atomic E-state index is 11.3. The van der Waals surface area contributed by atoms with Gasteiger partial charge < -0.3 is 20.0 Å². The first-order chi connectivity index (χ1) is 23.6. The van der Waals surface area contributed by atoms with Crippen LogP contribution in [0.4, 0.5) is 34.1 Å². The summed E-state index contributed by atoms with van der Waals surface area (Å²) in [4.78, 5) is 4.34. The fourth-order valence-electron chi connectivity index (χ4n) is 6.44. The molecule has 0 bridgehead atoms. The Morgan fingerprint density at radius 3 is 1.02 bits per heavy atom. The number of benzene rings is 8. The van der Waals surface area contributed by atoms with Gasteiger partial charge in [0.1, 0.15) is 11.5 Å². The molecule has 0 radical (unpaired) electrons. The zero-order valence-corrected chi connectivity index (χ0v) is 26.1. The summed E-state index contributed by atoms with van der Waals surface area (Å²) in [6.45, 7) is 0. The molecular formula is C44H32N2O2. The van der Waals surface area contributed by atoms with Crippen LogP contribution in [-0.2, 0) is 0 Å². The van der Waals surface area contributed by atoms with Crippen molar-refractivity contribution in [3.63, 3.8) is 0 Å². The Morgan fingerprint density at radius 1 is 0.271 bits per heavy atom. The van der Waals surface area contributed by atoms with E-state index in [9.17, 15) is 10.2 Å². The van der Waals surface area contributed by atoms with Gasteiger partial charge in [0.15, 0.2) is 0 Å². The maximum atomic E-state index is 11.3. The summed E-state index contributed by atoms with van der Waals surface area (Å²) < 4.78 is 0. The van der Waals surface area contributed by atoms with Crippen molar-refractivity contribution in [1.29, 1.82) is 0 Å². The Bertz CT molecular complexity index is 2220. The van der Waals surface area contributed by atoms with E-state index in [1.165, 1.54) is 0 Å². The highest BCUT2D eigenvalue weighted by Gasteiger charge is 2.20. The number of nitrogens with zero attached hydrogens (tertiary/aromatic N) is 2. The van der Waals surface area contributed by atoms with E-state index < -0.39 is 0 Å². The molecule has 0 aliphatic heterocycles. The lowest BCUT2D eigenvalue weighted by atomic mass is 10.00. The van der Waals surface area contributed by atoms with E-state index in [0.717, 1.165) is 55.7 Å². The van der Waals surface area contributed by atoms with Crippen LogP contribution in [0.25, 0.3) is 32.7 Å². The number of phenolic OH excluding ortho intramolecular Hbond substituents is 2. The van der Waals surface area contributed by atoms with E-state index in [-0.39, 0.29) is 11.5 Å². The molecule has 0 fully saturated rings. The van der Waals surface area contributed by atoms with Crippen molar-refractivity contribution in [1.82, 2.24) is 0 Å². The zero-order valence-electron chi connectivity index (χ0n) is 26.1. The summed E-state index contributed by atoms with van der Waals surface area (Å²) in [7, 11) is 0. The third-order valence-electron chi connectivity index (χ3n) is 8.78. The second kappa shape index (κ2) is 12.3. The molecule has 230 valence electrons. The van der Waals surface area contributed by atoms with Crippen LogP contribution in [0, 0.1) is 0 Å². The lowest BCUT2D eigenvalue weighted by Crippen LogP contribution is -2.10. The largest absolute Gasteiger partial charge is 0.507 e. The van der Waals surface area contributed by atoms with Crippen molar-refractivity contribution in [2.24, 2.45) is 0 Å². The topological polar surface area (TPSA) is 46.9 Å². The monoisotopic (exact) mass is 620 g/mol. The number of phenols is 2. The molecule has 0 saturated carbocycles. The van der Waals surface area contributed by atoms with Gasteiger partial charge in [-0.25, -0.2) is 0 Å². The molecule has 0 amide bonds. The molecule has 2 N–H and O–H groups in total. The highest BCUT2D eigenvalue weighted by Crippen LogP contribution is 2.45. The second-order valence-corrected chi connectivity index (χ2v) is 11.8. The van der Waals surface area contributed by atoms with Crippen LogP contribution in [0.5, 0.6) is 11.5 Å². The Hall–Kier alpha value is -6.52. The van der Waals surface area contributed by atoms with Crippen molar-refractivity contribution in [2.45, 2.75) is 0 Å². The van der Waals surface area contributed by atoms with E-state index in [4.69, 9.17) is 0 Å². The minimum Gasteiger partial charge on any atom is -0.507 e. The summed E-state index contributed by atoms with van der Waals surface area (Å²) in [5.74, 6) is 0.157. The predicted molar refractivity (Wildman–Crippen MR) is 200 cm³/mol. The van der Waals surface area contributed by atoms with E-state index >= 15 is 0 Å². The smallest absolute Gasteiger partial charge is 0.123 e. The van der Waals surface area contributed by atoms with Gasteiger partial charge in [0, 0.05) is 45.3 Å². The van der Waals surface area contributed by atoms with Crippen molar-refractivity contribution in [3.05, 3.63) is 182 Å². The number of aromatic hydroxyl groups is 2. The summed E-state index contributed by atoms with van der Waals surface area (Å²) in [6.07, 6.45) is 0. The van der Waals surface area contributed by atoms with Gasteiger partial charge in [-0.2, -0.15) is 0 Å². The van der Waals surface area contributed by atoms with E-state index in [2.05, 4.69) is 94.7 Å². The molecule has 0 spiro atoms. The summed E-state index contributed by atoms with van der Waals surface area (Å²) >= 11 is 0. The van der Waals surface area contributed by atoms with Gasteiger partial charge in [-0.15, -0.1) is 0 Å². The van der Waals surface area contributed by atoms with Crippen molar-refractivity contribution in [3.8, 4) is 22.6 Å². The van der Waals surface area contributed by atoms with Crippen LogP contribution in [0.15, 0.2) is 182 Å². The number of rotatable bonds is 7. The molecule has 0 heterocycles. The third kappa shape index (κ3) is 5.46. The van der Waals surface area contributed by atoms with Gasteiger partial charge in [-0.3, -0.25) is 0 Å². The first-order valence-electron chi connectivity index (χ1n) is 16.0. The van der Waals surface area contributed by atoms with Crippen LogP contribution in [0.2, 0.25) is 0 Å². The molecule has 8 aromatic rings. The van der Waals surface area contributed by atoms with Gasteiger partial charge in [0.2, 0.25) is 0 Å². The standard InChI is InChI=1S/C44H32N2O2/c47-43-25-23-39(45(35-15-3-1-4-16-35)37-21-19-31-11-7-9-13-33(31)27-37)29-41(43)42-30-40(24-26-44(42)48)46(36-17-5-2-6-18-36)38-22-20-32-12-8-10-14-34(32)28-38/h1-30,47-48H. The molecule has 0 saturated heterocycles. The summed E-state index contributed by atoms with van der Waals surface area (Å²) in [5.41, 5.74) is 6.69. The highest BCUT2D eigenvalue weighted by molar-refractivity contribution is 5.92. The zero-order chi connectivity index (χ0) is 32.5. The molecule has 0 aliphatic rings. The number of hydrogen-bond acceptors (Lipinski definition) is 4. The number of anilines is 6. The third-order valence-corrected chi connectivity index (χ3v) is 8.78. The normalized spacial score (nSPS) is 11.1. The van der Waals surface area contributed by atoms with Crippen LogP contribution in [0.3, 0.4) is 0 Å². The van der Waals surface area contributed by atoms with E-state index in [0.29, 0.717) is 11.1 Å². The number of fused-ring (bicyclic) bond motifs is 2. The molecule has 4 heteroatoms. The van der Waals surface area contributed by atoms with Crippen molar-refractivity contribution in [2.75, 3.05) is 9.80 Å². The van der Waals surface area contributed by atoms with E-state index in [1.54, 1.807) is 12.1 Å². The average Bonchev–Trinajstić information content (AvgIpc) is 3.14. The average molecular weight is 621 g/mol. The van der Waals surface area contributed by atoms with Crippen LogP contribution in [-0.4, -0.2) is 10.2 Å². The van der Waals surface area contributed by atoms with Gasteiger partial charge >= 0.3 is 0 Å². The first-order valence-corrected chi connectivity index (χ1v) is 16.0. The first kappa shape index (κ1) is 28.9. The lowest BCUT2D eigenvalue weighted by molar-refractivity contribution is 0.469.